The van der Waals surface area contributed by atoms with Crippen LogP contribution in [0.3, 0.4) is 0 Å². The molecule has 1 heteroatoms. The summed E-state index contributed by atoms with van der Waals surface area (Å²) in [6, 6.07) is 7.21. The molecule has 1 nitrogen and oxygen atoms in total. The molecule has 1 fully saturated rings. The number of benzene rings is 1. The van der Waals surface area contributed by atoms with Gasteiger partial charge in [-0.2, -0.15) is 0 Å². The van der Waals surface area contributed by atoms with Gasteiger partial charge in [-0.15, -0.1) is 0 Å². The van der Waals surface area contributed by atoms with E-state index in [1.165, 1.54) is 36.8 Å². The van der Waals surface area contributed by atoms with Crippen LogP contribution in [0.1, 0.15) is 55.2 Å². The van der Waals surface area contributed by atoms with E-state index in [1.807, 2.05) is 0 Å². The molecular weight excluding hydrogens is 194 g/mol. The van der Waals surface area contributed by atoms with Crippen LogP contribution in [0, 0.1) is 0 Å². The molecule has 1 aliphatic carbocycles. The molecule has 0 unspecified atom stereocenters. The third-order valence-electron chi connectivity index (χ3n) is 3.45. The summed E-state index contributed by atoms with van der Waals surface area (Å²) in [6.45, 7) is 3.07. The second kappa shape index (κ2) is 5.49. The van der Waals surface area contributed by atoms with Gasteiger partial charge in [0.15, 0.2) is 0 Å². The van der Waals surface area contributed by atoms with E-state index < -0.39 is 0 Å². The van der Waals surface area contributed by atoms with Gasteiger partial charge >= 0.3 is 0 Å². The molecule has 0 radical (unpaired) electrons. The Labute approximate surface area is 99.0 Å². The lowest BCUT2D eigenvalue weighted by molar-refractivity contribution is 0.743. The molecule has 0 spiro atoms. The topological polar surface area (TPSA) is 26.0 Å². The highest BCUT2D eigenvalue weighted by molar-refractivity contribution is 5.34. The van der Waals surface area contributed by atoms with Crippen molar-refractivity contribution in [2.45, 2.75) is 51.4 Å². The van der Waals surface area contributed by atoms with Crippen LogP contribution in [0.5, 0.6) is 0 Å². The first kappa shape index (κ1) is 11.7. The predicted octanol–water partition coefficient (Wildman–Crippen LogP) is 3.41. The van der Waals surface area contributed by atoms with E-state index >= 15 is 0 Å². The van der Waals surface area contributed by atoms with Crippen LogP contribution in [0.15, 0.2) is 18.2 Å². The maximum atomic E-state index is 5.54. The van der Waals surface area contributed by atoms with Gasteiger partial charge in [-0.1, -0.05) is 25.1 Å². The quantitative estimate of drug-likeness (QED) is 0.726. The van der Waals surface area contributed by atoms with Crippen molar-refractivity contribution in [3.63, 3.8) is 0 Å². The fraction of sp³-hybridized carbons (Fsp3) is 0.600. The van der Waals surface area contributed by atoms with Gasteiger partial charge in [-0.3, -0.25) is 0 Å². The first-order valence-electron chi connectivity index (χ1n) is 6.66. The molecule has 1 aromatic rings. The van der Waals surface area contributed by atoms with Crippen molar-refractivity contribution in [1.29, 1.82) is 0 Å². The highest BCUT2D eigenvalue weighted by atomic mass is 14.5. The van der Waals surface area contributed by atoms with Gasteiger partial charge in [0.2, 0.25) is 0 Å². The Bertz CT molecular complexity index is 339. The van der Waals surface area contributed by atoms with E-state index in [2.05, 4.69) is 25.1 Å². The zero-order valence-electron chi connectivity index (χ0n) is 10.3. The van der Waals surface area contributed by atoms with Crippen molar-refractivity contribution < 1.29 is 0 Å². The monoisotopic (exact) mass is 217 g/mol. The first-order valence-corrected chi connectivity index (χ1v) is 6.66. The fourth-order valence-corrected chi connectivity index (χ4v) is 2.27. The van der Waals surface area contributed by atoms with E-state index in [1.54, 1.807) is 5.56 Å². The minimum Gasteiger partial charge on any atom is -0.330 e. The Morgan fingerprint density at radius 1 is 1.12 bits per heavy atom. The number of aryl methyl sites for hydroxylation is 2. The van der Waals surface area contributed by atoms with Crippen LogP contribution < -0.4 is 5.73 Å². The molecule has 0 saturated heterocycles. The number of unbranched alkanes of at least 4 members (excludes halogenated alkanes) is 1. The average molecular weight is 217 g/mol. The molecule has 2 rings (SSSR count). The molecule has 0 amide bonds. The lowest BCUT2D eigenvalue weighted by Gasteiger charge is -2.08. The minimum atomic E-state index is 0.822. The van der Waals surface area contributed by atoms with Crippen molar-refractivity contribution in [3.05, 3.63) is 34.9 Å². The van der Waals surface area contributed by atoms with E-state index in [0.29, 0.717) is 0 Å². The van der Waals surface area contributed by atoms with Crippen LogP contribution in [-0.2, 0) is 12.8 Å². The predicted molar refractivity (Wildman–Crippen MR) is 69.8 cm³/mol. The molecule has 0 atom stereocenters. The van der Waals surface area contributed by atoms with Crippen molar-refractivity contribution in [2.75, 3.05) is 6.54 Å². The fourth-order valence-electron chi connectivity index (χ4n) is 2.27. The van der Waals surface area contributed by atoms with Gasteiger partial charge in [-0.05, 0) is 67.7 Å². The largest absolute Gasteiger partial charge is 0.330 e. The lowest BCUT2D eigenvalue weighted by Crippen LogP contribution is -1.99. The lowest BCUT2D eigenvalue weighted by atomic mass is 9.98. The maximum absolute atomic E-state index is 5.54. The molecule has 88 valence electrons. The van der Waals surface area contributed by atoms with Crippen LogP contribution in [0.2, 0.25) is 0 Å². The van der Waals surface area contributed by atoms with Crippen LogP contribution in [0.4, 0.5) is 0 Å². The normalized spacial score (nSPS) is 15.4. The van der Waals surface area contributed by atoms with E-state index in [-0.39, 0.29) is 0 Å². The van der Waals surface area contributed by atoms with E-state index in [4.69, 9.17) is 5.73 Å². The molecule has 1 aliphatic rings. The Hall–Kier alpha value is -0.820. The van der Waals surface area contributed by atoms with Crippen LogP contribution in [0.25, 0.3) is 0 Å². The molecule has 16 heavy (non-hydrogen) atoms. The maximum Gasteiger partial charge on any atom is -0.00772 e. The summed E-state index contributed by atoms with van der Waals surface area (Å²) < 4.78 is 0. The highest BCUT2D eigenvalue weighted by Crippen LogP contribution is 2.40. The summed E-state index contributed by atoms with van der Waals surface area (Å²) in [6.07, 6.45) is 7.53. The van der Waals surface area contributed by atoms with Crippen LogP contribution >= 0.6 is 0 Å². The number of hydrogen-bond acceptors (Lipinski definition) is 1. The van der Waals surface area contributed by atoms with E-state index in [9.17, 15) is 0 Å². The summed E-state index contributed by atoms with van der Waals surface area (Å²) >= 11 is 0. The summed E-state index contributed by atoms with van der Waals surface area (Å²) in [5.74, 6) is 0.875. The molecular formula is C15H23N. The van der Waals surface area contributed by atoms with Gasteiger partial charge in [0, 0.05) is 0 Å². The van der Waals surface area contributed by atoms with Crippen molar-refractivity contribution in [2.24, 2.45) is 5.73 Å². The summed E-state index contributed by atoms with van der Waals surface area (Å²) in [4.78, 5) is 0. The smallest absolute Gasteiger partial charge is 0.00772 e. The number of nitrogens with two attached hydrogens (primary N) is 1. The zero-order chi connectivity index (χ0) is 11.4. The van der Waals surface area contributed by atoms with Crippen molar-refractivity contribution in [1.82, 2.24) is 0 Å². The third-order valence-corrected chi connectivity index (χ3v) is 3.45. The third kappa shape index (κ3) is 3.08. The molecule has 0 aromatic heterocycles. The molecule has 0 bridgehead atoms. The average Bonchev–Trinajstić information content (AvgIpc) is 3.13. The highest BCUT2D eigenvalue weighted by Gasteiger charge is 2.23. The van der Waals surface area contributed by atoms with Crippen molar-refractivity contribution in [3.8, 4) is 0 Å². The molecule has 1 saturated carbocycles. The van der Waals surface area contributed by atoms with Gasteiger partial charge < -0.3 is 5.73 Å². The van der Waals surface area contributed by atoms with Crippen molar-refractivity contribution >= 4 is 0 Å². The SMILES string of the molecule is CCc1cc(CCCCN)cc(C2CC2)c1. The summed E-state index contributed by atoms with van der Waals surface area (Å²) in [7, 11) is 0. The Morgan fingerprint density at radius 3 is 2.50 bits per heavy atom. The standard InChI is InChI=1S/C15H23N/c1-2-12-9-13(5-3-4-8-16)11-15(10-12)14-6-7-14/h9-11,14H,2-8,16H2,1H3. The number of rotatable bonds is 6. The Morgan fingerprint density at radius 2 is 1.88 bits per heavy atom. The second-order valence-corrected chi connectivity index (χ2v) is 4.96. The molecule has 0 aliphatic heterocycles. The minimum absolute atomic E-state index is 0.822. The summed E-state index contributed by atoms with van der Waals surface area (Å²) in [5, 5.41) is 0. The molecule has 1 aromatic carbocycles. The molecule has 0 heterocycles. The first-order chi connectivity index (χ1) is 7.83. The second-order valence-electron chi connectivity index (χ2n) is 4.96. The molecule has 2 N–H and O–H groups in total. The van der Waals surface area contributed by atoms with Gasteiger partial charge in [-0.25, -0.2) is 0 Å². The Kier molecular flexibility index (Phi) is 4.00. The zero-order valence-corrected chi connectivity index (χ0v) is 10.3. The Balaban J connectivity index is 2.06. The van der Waals surface area contributed by atoms with E-state index in [0.717, 1.165) is 25.3 Å². The summed E-state index contributed by atoms with van der Waals surface area (Å²) in [5.41, 5.74) is 10.2. The van der Waals surface area contributed by atoms with Crippen LogP contribution in [-0.4, -0.2) is 6.54 Å². The number of hydrogen-bond donors (Lipinski definition) is 1. The van der Waals surface area contributed by atoms with Gasteiger partial charge in [0.05, 0.1) is 0 Å². The van der Waals surface area contributed by atoms with Gasteiger partial charge in [0.1, 0.15) is 0 Å². The van der Waals surface area contributed by atoms with Gasteiger partial charge in [0.25, 0.3) is 0 Å².